The Kier molecular flexibility index (Phi) is 4.71. The number of nitrogens with zero attached hydrogens (tertiary/aromatic N) is 1. The van der Waals surface area contributed by atoms with Crippen molar-refractivity contribution in [3.05, 3.63) is 95.8 Å². The van der Waals surface area contributed by atoms with E-state index in [-0.39, 0.29) is 0 Å². The Balaban J connectivity index is 1.76. The van der Waals surface area contributed by atoms with E-state index in [4.69, 9.17) is 0 Å². The van der Waals surface area contributed by atoms with Crippen LogP contribution in [0, 0.1) is 0 Å². The van der Waals surface area contributed by atoms with Crippen LogP contribution in [0.1, 0.15) is 22.9 Å². The van der Waals surface area contributed by atoms with Crippen LogP contribution in [-0.2, 0) is 20.0 Å². The van der Waals surface area contributed by atoms with Gasteiger partial charge in [-0.2, -0.15) is 0 Å². The van der Waals surface area contributed by atoms with Crippen molar-refractivity contribution in [2.75, 3.05) is 0 Å². The summed E-state index contributed by atoms with van der Waals surface area (Å²) in [4.78, 5) is 0. The third-order valence-corrected chi connectivity index (χ3v) is 4.07. The zero-order chi connectivity index (χ0) is 15.2. The van der Waals surface area contributed by atoms with Crippen molar-refractivity contribution in [1.29, 1.82) is 0 Å². The van der Waals surface area contributed by atoms with E-state index in [0.717, 1.165) is 13.0 Å². The van der Waals surface area contributed by atoms with Gasteiger partial charge in [-0.15, -0.1) is 0 Å². The summed E-state index contributed by atoms with van der Waals surface area (Å²) in [6, 6.07) is 25.9. The van der Waals surface area contributed by atoms with Gasteiger partial charge in [0.1, 0.15) is 0 Å². The topological polar surface area (TPSA) is 17.0 Å². The molecule has 1 atom stereocenters. The Labute approximate surface area is 132 Å². The molecule has 0 fully saturated rings. The van der Waals surface area contributed by atoms with Crippen LogP contribution in [0.5, 0.6) is 0 Å². The fourth-order valence-corrected chi connectivity index (χ4v) is 2.75. The molecule has 0 radical (unpaired) electrons. The minimum absolute atomic E-state index is 0.318. The van der Waals surface area contributed by atoms with Crippen LogP contribution >= 0.6 is 0 Å². The lowest BCUT2D eigenvalue weighted by molar-refractivity contribution is 0.518. The summed E-state index contributed by atoms with van der Waals surface area (Å²) in [5.41, 5.74) is 3.99. The normalized spacial score (nSPS) is 12.2. The molecule has 0 saturated carbocycles. The first-order chi connectivity index (χ1) is 10.8. The van der Waals surface area contributed by atoms with E-state index in [1.807, 2.05) is 0 Å². The molecule has 0 aliphatic heterocycles. The van der Waals surface area contributed by atoms with Crippen molar-refractivity contribution in [2.45, 2.75) is 19.0 Å². The van der Waals surface area contributed by atoms with Gasteiger partial charge in [0, 0.05) is 31.5 Å². The lowest BCUT2D eigenvalue weighted by Gasteiger charge is -2.20. The Morgan fingerprint density at radius 1 is 0.864 bits per heavy atom. The Morgan fingerprint density at radius 3 is 2.18 bits per heavy atom. The number of aromatic nitrogens is 1. The SMILES string of the molecule is Cn1cccc1CNC(Cc1ccccc1)c1ccccc1. The van der Waals surface area contributed by atoms with Gasteiger partial charge in [-0.1, -0.05) is 60.7 Å². The average molecular weight is 290 g/mol. The van der Waals surface area contributed by atoms with E-state index < -0.39 is 0 Å². The summed E-state index contributed by atoms with van der Waals surface area (Å²) in [5.74, 6) is 0. The van der Waals surface area contributed by atoms with Crippen LogP contribution in [-0.4, -0.2) is 4.57 Å². The van der Waals surface area contributed by atoms with Crippen LogP contribution in [0.3, 0.4) is 0 Å². The second-order valence-corrected chi connectivity index (χ2v) is 5.64. The molecule has 2 aromatic carbocycles. The maximum atomic E-state index is 3.71. The fourth-order valence-electron chi connectivity index (χ4n) is 2.75. The van der Waals surface area contributed by atoms with Gasteiger partial charge in [-0.3, -0.25) is 0 Å². The highest BCUT2D eigenvalue weighted by Gasteiger charge is 2.12. The van der Waals surface area contributed by atoms with Crippen molar-refractivity contribution in [3.63, 3.8) is 0 Å². The Bertz CT molecular complexity index is 686. The predicted octanol–water partition coefficient (Wildman–Crippen LogP) is 4.10. The summed E-state index contributed by atoms with van der Waals surface area (Å²) < 4.78 is 2.16. The quantitative estimate of drug-likeness (QED) is 0.723. The summed E-state index contributed by atoms with van der Waals surface area (Å²) in [6.07, 6.45) is 3.08. The monoisotopic (exact) mass is 290 g/mol. The van der Waals surface area contributed by atoms with E-state index in [0.29, 0.717) is 6.04 Å². The van der Waals surface area contributed by atoms with Crippen LogP contribution < -0.4 is 5.32 Å². The molecule has 1 N–H and O–H groups in total. The highest BCUT2D eigenvalue weighted by molar-refractivity contribution is 5.24. The highest BCUT2D eigenvalue weighted by atomic mass is 15.0. The second-order valence-electron chi connectivity index (χ2n) is 5.64. The maximum Gasteiger partial charge on any atom is 0.0364 e. The molecule has 3 aromatic rings. The van der Waals surface area contributed by atoms with E-state index in [1.165, 1.54) is 16.8 Å². The maximum absolute atomic E-state index is 3.71. The number of hydrogen-bond acceptors (Lipinski definition) is 1. The zero-order valence-electron chi connectivity index (χ0n) is 12.9. The summed E-state index contributed by atoms with van der Waals surface area (Å²) in [5, 5.41) is 3.71. The largest absolute Gasteiger partial charge is 0.353 e. The molecule has 3 rings (SSSR count). The smallest absolute Gasteiger partial charge is 0.0364 e. The molecular weight excluding hydrogens is 268 g/mol. The molecule has 0 aliphatic rings. The van der Waals surface area contributed by atoms with Crippen molar-refractivity contribution < 1.29 is 0 Å². The number of nitrogens with one attached hydrogen (secondary N) is 1. The molecule has 0 bridgehead atoms. The van der Waals surface area contributed by atoms with Crippen LogP contribution in [0.15, 0.2) is 79.0 Å². The lowest BCUT2D eigenvalue weighted by Crippen LogP contribution is -2.24. The number of hydrogen-bond donors (Lipinski definition) is 1. The first-order valence-corrected chi connectivity index (χ1v) is 7.75. The van der Waals surface area contributed by atoms with Crippen molar-refractivity contribution in [2.24, 2.45) is 7.05 Å². The van der Waals surface area contributed by atoms with Crippen LogP contribution in [0.2, 0.25) is 0 Å². The van der Waals surface area contributed by atoms with Gasteiger partial charge in [0.05, 0.1) is 0 Å². The van der Waals surface area contributed by atoms with Gasteiger partial charge in [-0.25, -0.2) is 0 Å². The first kappa shape index (κ1) is 14.6. The van der Waals surface area contributed by atoms with E-state index in [1.54, 1.807) is 0 Å². The summed E-state index contributed by atoms with van der Waals surface area (Å²) in [6.45, 7) is 0.871. The molecule has 0 amide bonds. The molecule has 2 nitrogen and oxygen atoms in total. The molecule has 1 aromatic heterocycles. The van der Waals surface area contributed by atoms with Gasteiger partial charge in [0.25, 0.3) is 0 Å². The predicted molar refractivity (Wildman–Crippen MR) is 91.6 cm³/mol. The number of aryl methyl sites for hydroxylation is 1. The van der Waals surface area contributed by atoms with Gasteiger partial charge in [0.2, 0.25) is 0 Å². The average Bonchev–Trinajstić information content (AvgIpc) is 2.98. The molecule has 1 heterocycles. The minimum atomic E-state index is 0.318. The third kappa shape index (κ3) is 3.66. The molecule has 0 aliphatic carbocycles. The van der Waals surface area contributed by atoms with Crippen molar-refractivity contribution in [1.82, 2.24) is 9.88 Å². The molecule has 2 heteroatoms. The van der Waals surface area contributed by atoms with Gasteiger partial charge < -0.3 is 9.88 Å². The Morgan fingerprint density at radius 2 is 1.55 bits per heavy atom. The van der Waals surface area contributed by atoms with Crippen LogP contribution in [0.25, 0.3) is 0 Å². The van der Waals surface area contributed by atoms with Gasteiger partial charge in [-0.05, 0) is 29.7 Å². The third-order valence-electron chi connectivity index (χ3n) is 4.07. The molecular formula is C20H22N2. The van der Waals surface area contributed by atoms with Gasteiger partial charge >= 0.3 is 0 Å². The second kappa shape index (κ2) is 7.10. The van der Waals surface area contributed by atoms with E-state index in [2.05, 4.69) is 95.9 Å². The molecule has 112 valence electrons. The molecule has 22 heavy (non-hydrogen) atoms. The Hall–Kier alpha value is -2.32. The first-order valence-electron chi connectivity index (χ1n) is 7.75. The summed E-state index contributed by atoms with van der Waals surface area (Å²) in [7, 11) is 2.09. The van der Waals surface area contributed by atoms with E-state index >= 15 is 0 Å². The number of rotatable bonds is 6. The van der Waals surface area contributed by atoms with Crippen molar-refractivity contribution >= 4 is 0 Å². The molecule has 1 unspecified atom stereocenters. The molecule has 0 saturated heterocycles. The fraction of sp³-hybridized carbons (Fsp3) is 0.200. The number of benzene rings is 2. The highest BCUT2D eigenvalue weighted by Crippen LogP contribution is 2.19. The minimum Gasteiger partial charge on any atom is -0.353 e. The van der Waals surface area contributed by atoms with Crippen LogP contribution in [0.4, 0.5) is 0 Å². The lowest BCUT2D eigenvalue weighted by atomic mass is 9.99. The summed E-state index contributed by atoms with van der Waals surface area (Å²) >= 11 is 0. The van der Waals surface area contributed by atoms with E-state index in [9.17, 15) is 0 Å². The standard InChI is InChI=1S/C20H22N2/c1-22-14-8-13-19(22)16-21-20(18-11-6-3-7-12-18)15-17-9-4-2-5-10-17/h2-14,20-21H,15-16H2,1H3. The van der Waals surface area contributed by atoms with Gasteiger partial charge in [0.15, 0.2) is 0 Å². The zero-order valence-corrected chi connectivity index (χ0v) is 12.9. The molecule has 0 spiro atoms. The van der Waals surface area contributed by atoms with Crippen molar-refractivity contribution in [3.8, 4) is 0 Å².